The molecule has 4 aromatic rings. The second-order valence-corrected chi connectivity index (χ2v) is 7.14. The van der Waals surface area contributed by atoms with Gasteiger partial charge in [-0.15, -0.1) is 0 Å². The topological polar surface area (TPSA) is 66.6 Å². The fraction of sp³-hybridized carbons (Fsp3) is 0.217. The van der Waals surface area contributed by atoms with E-state index < -0.39 is 0 Å². The van der Waals surface area contributed by atoms with Crippen molar-refractivity contribution < 1.29 is 4.74 Å². The van der Waals surface area contributed by atoms with Gasteiger partial charge in [0.05, 0.1) is 11.4 Å². The van der Waals surface area contributed by atoms with Crippen LogP contribution in [0, 0.1) is 27.7 Å². The van der Waals surface area contributed by atoms with Crippen LogP contribution >= 0.6 is 0 Å². The van der Waals surface area contributed by atoms with Crippen LogP contribution in [0.4, 0.5) is 0 Å². The summed E-state index contributed by atoms with van der Waals surface area (Å²) in [4.78, 5) is 0. The van der Waals surface area contributed by atoms with E-state index >= 15 is 0 Å². The predicted octanol–water partition coefficient (Wildman–Crippen LogP) is 5.28. The monoisotopic (exact) mass is 372 g/mol. The molecule has 0 unspecified atom stereocenters. The van der Waals surface area contributed by atoms with Crippen molar-refractivity contribution in [2.75, 3.05) is 0 Å². The maximum absolute atomic E-state index is 6.17. The Hall–Kier alpha value is -3.34. The number of aromatic nitrogens is 4. The van der Waals surface area contributed by atoms with Crippen LogP contribution < -0.4 is 4.74 Å². The van der Waals surface area contributed by atoms with Gasteiger partial charge >= 0.3 is 0 Å². The molecule has 2 heterocycles. The van der Waals surface area contributed by atoms with Crippen molar-refractivity contribution in [1.82, 2.24) is 20.4 Å². The molecule has 0 radical (unpaired) electrons. The van der Waals surface area contributed by atoms with Gasteiger partial charge in [0.25, 0.3) is 0 Å². The molecule has 0 aliphatic carbocycles. The molecule has 0 aliphatic heterocycles. The van der Waals surface area contributed by atoms with Gasteiger partial charge in [-0.05, 0) is 62.6 Å². The molecule has 0 amide bonds. The lowest BCUT2D eigenvalue weighted by molar-refractivity contribution is 0.306. The largest absolute Gasteiger partial charge is 0.489 e. The number of benzene rings is 2. The third-order valence-corrected chi connectivity index (χ3v) is 4.99. The van der Waals surface area contributed by atoms with E-state index in [0.29, 0.717) is 6.61 Å². The standard InChI is InChI=1S/C23H24N4O/c1-14-22(15(2)25-24-14)19-10-20(23-16(3)26-27-17(23)4)12-21(11-19)28-13-18-8-6-5-7-9-18/h5-12H,13H2,1-4H3,(H,24,25)(H,26,27). The molecule has 0 bridgehead atoms. The Kier molecular flexibility index (Phi) is 4.74. The quantitative estimate of drug-likeness (QED) is 0.501. The molecule has 28 heavy (non-hydrogen) atoms. The number of ether oxygens (including phenoxy) is 1. The summed E-state index contributed by atoms with van der Waals surface area (Å²) in [5.41, 5.74) is 9.59. The average Bonchev–Trinajstić information content (AvgIpc) is 3.21. The number of hydrogen-bond acceptors (Lipinski definition) is 3. The molecule has 5 nitrogen and oxygen atoms in total. The van der Waals surface area contributed by atoms with Crippen LogP contribution in [0.3, 0.4) is 0 Å². The first kappa shape index (κ1) is 18.0. The van der Waals surface area contributed by atoms with Crippen LogP contribution in [0.5, 0.6) is 5.75 Å². The molecule has 5 heteroatoms. The summed E-state index contributed by atoms with van der Waals surface area (Å²) >= 11 is 0. The lowest BCUT2D eigenvalue weighted by Crippen LogP contribution is -1.96. The summed E-state index contributed by atoms with van der Waals surface area (Å²) in [6, 6.07) is 16.6. The van der Waals surface area contributed by atoms with Gasteiger partial charge in [0.1, 0.15) is 12.4 Å². The second kappa shape index (κ2) is 7.35. The van der Waals surface area contributed by atoms with Gasteiger partial charge in [0, 0.05) is 22.5 Å². The molecule has 0 fully saturated rings. The second-order valence-electron chi connectivity index (χ2n) is 7.14. The Bertz CT molecular complexity index is 1010. The van der Waals surface area contributed by atoms with E-state index in [1.807, 2.05) is 45.9 Å². The fourth-order valence-corrected chi connectivity index (χ4v) is 3.66. The summed E-state index contributed by atoms with van der Waals surface area (Å²) in [6.45, 7) is 8.65. The van der Waals surface area contributed by atoms with Crippen molar-refractivity contribution in [2.24, 2.45) is 0 Å². The van der Waals surface area contributed by atoms with E-state index in [9.17, 15) is 0 Å². The maximum atomic E-state index is 6.17. The zero-order valence-corrected chi connectivity index (χ0v) is 16.6. The zero-order chi connectivity index (χ0) is 19.7. The fourth-order valence-electron chi connectivity index (χ4n) is 3.66. The highest BCUT2D eigenvalue weighted by Crippen LogP contribution is 2.36. The van der Waals surface area contributed by atoms with Gasteiger partial charge in [-0.1, -0.05) is 30.3 Å². The number of hydrogen-bond donors (Lipinski definition) is 2. The van der Waals surface area contributed by atoms with Crippen molar-refractivity contribution >= 4 is 0 Å². The number of rotatable bonds is 5. The predicted molar refractivity (Wildman–Crippen MR) is 111 cm³/mol. The Labute approximate surface area is 164 Å². The maximum Gasteiger partial charge on any atom is 0.121 e. The van der Waals surface area contributed by atoms with Gasteiger partial charge in [-0.3, -0.25) is 10.2 Å². The first-order valence-corrected chi connectivity index (χ1v) is 9.38. The third-order valence-electron chi connectivity index (χ3n) is 4.99. The van der Waals surface area contributed by atoms with Crippen molar-refractivity contribution in [3.05, 3.63) is 76.9 Å². The minimum absolute atomic E-state index is 0.524. The summed E-state index contributed by atoms with van der Waals surface area (Å²) < 4.78 is 6.17. The highest BCUT2D eigenvalue weighted by Gasteiger charge is 2.16. The van der Waals surface area contributed by atoms with Crippen molar-refractivity contribution in [3.63, 3.8) is 0 Å². The van der Waals surface area contributed by atoms with Crippen LogP contribution in [0.1, 0.15) is 28.3 Å². The van der Waals surface area contributed by atoms with Crippen LogP contribution in [-0.2, 0) is 6.61 Å². The molecule has 2 aromatic carbocycles. The zero-order valence-electron chi connectivity index (χ0n) is 16.6. The molecule has 0 spiro atoms. The van der Waals surface area contributed by atoms with Gasteiger partial charge in [-0.2, -0.15) is 10.2 Å². The molecule has 0 aliphatic rings. The molecule has 0 saturated heterocycles. The number of nitrogens with one attached hydrogen (secondary N) is 2. The Morgan fingerprint density at radius 3 is 1.75 bits per heavy atom. The lowest BCUT2D eigenvalue weighted by atomic mass is 9.96. The molecule has 142 valence electrons. The van der Waals surface area contributed by atoms with Gasteiger partial charge in [0.15, 0.2) is 0 Å². The van der Waals surface area contributed by atoms with Crippen molar-refractivity contribution in [1.29, 1.82) is 0 Å². The van der Waals surface area contributed by atoms with E-state index in [1.54, 1.807) is 0 Å². The molecular weight excluding hydrogens is 348 g/mol. The minimum atomic E-state index is 0.524. The van der Waals surface area contributed by atoms with E-state index in [-0.39, 0.29) is 0 Å². The summed E-state index contributed by atoms with van der Waals surface area (Å²) in [5.74, 6) is 0.830. The molecule has 0 atom stereocenters. The van der Waals surface area contributed by atoms with E-state index in [0.717, 1.165) is 56.3 Å². The minimum Gasteiger partial charge on any atom is -0.489 e. The van der Waals surface area contributed by atoms with Crippen LogP contribution in [0.15, 0.2) is 48.5 Å². The Morgan fingerprint density at radius 1 is 0.750 bits per heavy atom. The van der Waals surface area contributed by atoms with Crippen LogP contribution in [0.25, 0.3) is 22.3 Å². The molecule has 4 rings (SSSR count). The third kappa shape index (κ3) is 3.43. The van der Waals surface area contributed by atoms with E-state index in [2.05, 4.69) is 50.7 Å². The number of H-pyrrole nitrogens is 2. The normalized spacial score (nSPS) is 11.0. The molecular formula is C23H24N4O. The number of aryl methyl sites for hydroxylation is 4. The van der Waals surface area contributed by atoms with Gasteiger partial charge < -0.3 is 4.74 Å². The van der Waals surface area contributed by atoms with E-state index in [4.69, 9.17) is 4.74 Å². The lowest BCUT2D eigenvalue weighted by Gasteiger charge is -2.12. The summed E-state index contributed by atoms with van der Waals surface area (Å²) in [7, 11) is 0. The Morgan fingerprint density at radius 2 is 1.29 bits per heavy atom. The first-order chi connectivity index (χ1) is 13.5. The van der Waals surface area contributed by atoms with Crippen LogP contribution in [0.2, 0.25) is 0 Å². The SMILES string of the molecule is Cc1n[nH]c(C)c1-c1cc(OCc2ccccc2)cc(-c2c(C)n[nH]c2C)c1. The Balaban J connectivity index is 1.79. The number of nitrogens with zero attached hydrogens (tertiary/aromatic N) is 2. The van der Waals surface area contributed by atoms with Crippen LogP contribution in [-0.4, -0.2) is 20.4 Å². The van der Waals surface area contributed by atoms with Crippen molar-refractivity contribution in [2.45, 2.75) is 34.3 Å². The average molecular weight is 372 g/mol. The van der Waals surface area contributed by atoms with Gasteiger partial charge in [0.2, 0.25) is 0 Å². The highest BCUT2D eigenvalue weighted by molar-refractivity contribution is 5.79. The molecule has 0 saturated carbocycles. The van der Waals surface area contributed by atoms with Gasteiger partial charge in [-0.25, -0.2) is 0 Å². The molecule has 2 N–H and O–H groups in total. The van der Waals surface area contributed by atoms with E-state index in [1.165, 1.54) is 0 Å². The smallest absolute Gasteiger partial charge is 0.121 e. The number of aromatic amines is 2. The molecule has 2 aromatic heterocycles. The summed E-state index contributed by atoms with van der Waals surface area (Å²) in [6.07, 6.45) is 0. The first-order valence-electron chi connectivity index (χ1n) is 9.38. The van der Waals surface area contributed by atoms with Crippen molar-refractivity contribution in [3.8, 4) is 28.0 Å². The summed E-state index contributed by atoms with van der Waals surface area (Å²) in [5, 5.41) is 14.9. The highest BCUT2D eigenvalue weighted by atomic mass is 16.5.